The van der Waals surface area contributed by atoms with Crippen molar-refractivity contribution >= 4 is 34.6 Å². The summed E-state index contributed by atoms with van der Waals surface area (Å²) in [7, 11) is 0. The fourth-order valence-electron chi connectivity index (χ4n) is 2.13. The molecule has 0 spiro atoms. The number of benzene rings is 2. The molecular formula is C17H15N3O2S. The first kappa shape index (κ1) is 15.3. The number of nitrogens with zero attached hydrogens (tertiary/aromatic N) is 1. The largest absolute Gasteiger partial charge is 0.333 e. The molecule has 3 rings (SSSR count). The molecule has 6 heteroatoms. The minimum absolute atomic E-state index is 0.122. The normalized spacial score (nSPS) is 10.7. The molecule has 0 aliphatic rings. The average Bonchev–Trinajstić information content (AvgIpc) is 2.95. The van der Waals surface area contributed by atoms with E-state index in [9.17, 15) is 9.59 Å². The van der Waals surface area contributed by atoms with Gasteiger partial charge in [0.05, 0.1) is 16.8 Å². The number of imidazole rings is 1. The zero-order valence-electron chi connectivity index (χ0n) is 12.5. The average molecular weight is 325 g/mol. The second-order valence-corrected chi connectivity index (χ2v) is 6.06. The van der Waals surface area contributed by atoms with Crippen LogP contribution in [0.5, 0.6) is 0 Å². The monoisotopic (exact) mass is 325 g/mol. The molecule has 0 aliphatic heterocycles. The van der Waals surface area contributed by atoms with Crippen LogP contribution in [-0.2, 0) is 4.79 Å². The molecule has 0 saturated heterocycles. The van der Waals surface area contributed by atoms with Gasteiger partial charge in [0, 0.05) is 5.56 Å². The lowest BCUT2D eigenvalue weighted by Crippen LogP contribution is -2.31. The standard InChI is InChI=1S/C17H15N3O2S/c1-11-7-8-13-14(9-11)19-17(18-13)23-10-15(21)20-16(22)12-5-3-2-4-6-12/h2-9H,10H2,1H3,(H,18,19)(H,20,21,22). The number of fused-ring (bicyclic) bond motifs is 1. The summed E-state index contributed by atoms with van der Waals surface area (Å²) in [5.41, 5.74) is 3.40. The smallest absolute Gasteiger partial charge is 0.257 e. The lowest BCUT2D eigenvalue weighted by atomic mass is 10.2. The number of carbonyl (C=O) groups excluding carboxylic acids is 2. The number of aromatic nitrogens is 2. The highest BCUT2D eigenvalue weighted by atomic mass is 32.2. The topological polar surface area (TPSA) is 74.8 Å². The Morgan fingerprint density at radius 2 is 1.96 bits per heavy atom. The Hall–Kier alpha value is -2.60. The molecule has 116 valence electrons. The number of aromatic amines is 1. The summed E-state index contributed by atoms with van der Waals surface area (Å²) in [4.78, 5) is 31.3. The predicted octanol–water partition coefficient (Wildman–Crippen LogP) is 2.92. The Morgan fingerprint density at radius 1 is 1.17 bits per heavy atom. The number of imide groups is 1. The second kappa shape index (κ2) is 6.66. The maximum Gasteiger partial charge on any atom is 0.257 e. The third kappa shape index (κ3) is 3.78. The van der Waals surface area contributed by atoms with Gasteiger partial charge in [0.15, 0.2) is 5.16 Å². The molecule has 23 heavy (non-hydrogen) atoms. The zero-order chi connectivity index (χ0) is 16.2. The van der Waals surface area contributed by atoms with Crippen molar-refractivity contribution in [1.82, 2.24) is 15.3 Å². The predicted molar refractivity (Wildman–Crippen MR) is 90.5 cm³/mol. The number of aryl methyl sites for hydroxylation is 1. The van der Waals surface area contributed by atoms with E-state index in [0.29, 0.717) is 10.7 Å². The molecule has 0 bridgehead atoms. The van der Waals surface area contributed by atoms with Crippen molar-refractivity contribution in [1.29, 1.82) is 0 Å². The van der Waals surface area contributed by atoms with Gasteiger partial charge >= 0.3 is 0 Å². The van der Waals surface area contributed by atoms with Gasteiger partial charge in [-0.2, -0.15) is 0 Å². The molecule has 0 radical (unpaired) electrons. The van der Waals surface area contributed by atoms with Gasteiger partial charge in [-0.25, -0.2) is 4.98 Å². The molecule has 2 amide bonds. The summed E-state index contributed by atoms with van der Waals surface area (Å²) >= 11 is 1.27. The Morgan fingerprint density at radius 3 is 2.74 bits per heavy atom. The van der Waals surface area contributed by atoms with E-state index in [0.717, 1.165) is 16.6 Å². The number of hydrogen-bond acceptors (Lipinski definition) is 4. The summed E-state index contributed by atoms with van der Waals surface area (Å²) in [6.07, 6.45) is 0. The van der Waals surface area contributed by atoms with Crippen LogP contribution in [0.2, 0.25) is 0 Å². The van der Waals surface area contributed by atoms with Gasteiger partial charge in [-0.3, -0.25) is 14.9 Å². The quantitative estimate of drug-likeness (QED) is 0.723. The van der Waals surface area contributed by atoms with Gasteiger partial charge in [-0.05, 0) is 36.8 Å². The number of rotatable bonds is 4. The minimum Gasteiger partial charge on any atom is -0.333 e. The summed E-state index contributed by atoms with van der Waals surface area (Å²) in [6, 6.07) is 14.6. The van der Waals surface area contributed by atoms with E-state index >= 15 is 0 Å². The van der Waals surface area contributed by atoms with E-state index in [1.165, 1.54) is 11.8 Å². The maximum absolute atomic E-state index is 11.9. The highest BCUT2D eigenvalue weighted by Gasteiger charge is 2.11. The summed E-state index contributed by atoms with van der Waals surface area (Å²) < 4.78 is 0. The van der Waals surface area contributed by atoms with E-state index in [-0.39, 0.29) is 11.7 Å². The second-order valence-electron chi connectivity index (χ2n) is 5.09. The van der Waals surface area contributed by atoms with Crippen LogP contribution < -0.4 is 5.32 Å². The fraction of sp³-hybridized carbons (Fsp3) is 0.118. The van der Waals surface area contributed by atoms with Crippen molar-refractivity contribution in [3.63, 3.8) is 0 Å². The molecule has 0 unspecified atom stereocenters. The van der Waals surface area contributed by atoms with Crippen LogP contribution in [0.25, 0.3) is 11.0 Å². The third-order valence-electron chi connectivity index (χ3n) is 3.24. The Balaban J connectivity index is 1.58. The number of hydrogen-bond donors (Lipinski definition) is 2. The third-order valence-corrected chi connectivity index (χ3v) is 4.12. The Bertz CT molecular complexity index is 859. The Labute approximate surface area is 137 Å². The van der Waals surface area contributed by atoms with Crippen molar-refractivity contribution in [3.8, 4) is 0 Å². The molecular weight excluding hydrogens is 310 g/mol. The number of carbonyl (C=O) groups is 2. The highest BCUT2D eigenvalue weighted by molar-refractivity contribution is 7.99. The maximum atomic E-state index is 11.9. The molecule has 0 aliphatic carbocycles. The van der Waals surface area contributed by atoms with Gasteiger partial charge in [0.1, 0.15) is 0 Å². The van der Waals surface area contributed by atoms with Crippen LogP contribution in [0.1, 0.15) is 15.9 Å². The van der Waals surface area contributed by atoms with Crippen LogP contribution in [0, 0.1) is 6.92 Å². The van der Waals surface area contributed by atoms with Gasteiger partial charge < -0.3 is 4.98 Å². The summed E-state index contributed by atoms with van der Waals surface area (Å²) in [6.45, 7) is 2.01. The van der Waals surface area contributed by atoms with E-state index in [1.54, 1.807) is 24.3 Å². The molecule has 0 saturated carbocycles. The number of thioether (sulfide) groups is 1. The highest BCUT2D eigenvalue weighted by Crippen LogP contribution is 2.20. The number of nitrogens with one attached hydrogen (secondary N) is 2. The van der Waals surface area contributed by atoms with Gasteiger partial charge in [-0.1, -0.05) is 36.0 Å². The van der Waals surface area contributed by atoms with Crippen LogP contribution in [-0.4, -0.2) is 27.5 Å². The van der Waals surface area contributed by atoms with Gasteiger partial charge in [-0.15, -0.1) is 0 Å². The summed E-state index contributed by atoms with van der Waals surface area (Å²) in [5.74, 6) is -0.617. The van der Waals surface area contributed by atoms with Crippen LogP contribution in [0.15, 0.2) is 53.7 Å². The summed E-state index contributed by atoms with van der Waals surface area (Å²) in [5, 5.41) is 3.03. The van der Waals surface area contributed by atoms with E-state index < -0.39 is 5.91 Å². The first-order valence-electron chi connectivity index (χ1n) is 7.10. The number of H-pyrrole nitrogens is 1. The molecule has 0 fully saturated rings. The molecule has 5 nitrogen and oxygen atoms in total. The Kier molecular flexibility index (Phi) is 4.43. The van der Waals surface area contributed by atoms with Gasteiger partial charge in [0.2, 0.25) is 5.91 Å². The minimum atomic E-state index is -0.392. The molecule has 0 atom stereocenters. The van der Waals surface area contributed by atoms with E-state index in [1.807, 2.05) is 31.2 Å². The lowest BCUT2D eigenvalue weighted by Gasteiger charge is -2.02. The van der Waals surface area contributed by atoms with E-state index in [4.69, 9.17) is 0 Å². The van der Waals surface area contributed by atoms with Crippen molar-refractivity contribution in [2.45, 2.75) is 12.1 Å². The first-order valence-corrected chi connectivity index (χ1v) is 8.09. The van der Waals surface area contributed by atoms with E-state index in [2.05, 4.69) is 15.3 Å². The van der Waals surface area contributed by atoms with Crippen molar-refractivity contribution < 1.29 is 9.59 Å². The zero-order valence-corrected chi connectivity index (χ0v) is 13.3. The van der Waals surface area contributed by atoms with Crippen LogP contribution in [0.3, 0.4) is 0 Å². The van der Waals surface area contributed by atoms with Crippen molar-refractivity contribution in [3.05, 3.63) is 59.7 Å². The first-order chi connectivity index (χ1) is 11.1. The number of amides is 2. The van der Waals surface area contributed by atoms with Crippen LogP contribution in [0.4, 0.5) is 0 Å². The fourth-order valence-corrected chi connectivity index (χ4v) is 2.81. The molecule has 1 aromatic heterocycles. The van der Waals surface area contributed by atoms with Crippen LogP contribution >= 0.6 is 11.8 Å². The SMILES string of the molecule is Cc1ccc2nc(SCC(=O)NC(=O)c3ccccc3)[nH]c2c1. The lowest BCUT2D eigenvalue weighted by molar-refractivity contribution is -0.117. The van der Waals surface area contributed by atoms with Crippen molar-refractivity contribution in [2.75, 3.05) is 5.75 Å². The van der Waals surface area contributed by atoms with Gasteiger partial charge in [0.25, 0.3) is 5.91 Å². The molecule has 3 aromatic rings. The molecule has 2 N–H and O–H groups in total. The molecule has 2 aromatic carbocycles. The van der Waals surface area contributed by atoms with Crippen molar-refractivity contribution in [2.24, 2.45) is 0 Å². The molecule has 1 heterocycles.